The van der Waals surface area contributed by atoms with Gasteiger partial charge in [-0.05, 0) is 36.4 Å². The molecule has 0 heterocycles. The Bertz CT molecular complexity index is 538. The van der Waals surface area contributed by atoms with Crippen molar-refractivity contribution in [2.24, 2.45) is 0 Å². The van der Waals surface area contributed by atoms with Gasteiger partial charge in [0.1, 0.15) is 0 Å². The topological polar surface area (TPSA) is 23.1 Å². The molecule has 0 radical (unpaired) electrons. The highest BCUT2D eigenvalue weighted by atomic mass is 35.5. The van der Waals surface area contributed by atoms with E-state index in [1.807, 2.05) is 0 Å². The first kappa shape index (κ1) is 14.4. The van der Waals surface area contributed by atoms with Crippen LogP contribution in [0.4, 0.5) is 0 Å². The second-order valence-corrected chi connectivity index (χ2v) is 6.75. The molecule has 0 amide bonds. The number of thiol groups is 2. The molecule has 0 saturated carbocycles. The summed E-state index contributed by atoms with van der Waals surface area (Å²) in [5.41, 5.74) is 0. The van der Waals surface area contributed by atoms with Crippen molar-refractivity contribution in [3.63, 3.8) is 0 Å². The van der Waals surface area contributed by atoms with Crippen molar-refractivity contribution in [1.82, 2.24) is 0 Å². The van der Waals surface area contributed by atoms with Gasteiger partial charge in [0.25, 0.3) is 0 Å². The molecule has 0 N–H and O–H groups in total. The van der Waals surface area contributed by atoms with Crippen molar-refractivity contribution in [1.29, 1.82) is 0 Å². The first-order valence-electron chi connectivity index (χ1n) is 4.88. The highest BCUT2D eigenvalue weighted by molar-refractivity contribution is 7.92. The molecule has 18 heavy (non-hydrogen) atoms. The maximum atomic E-state index is 12.4. The van der Waals surface area contributed by atoms with Crippen molar-refractivity contribution in [3.8, 4) is 0 Å². The van der Waals surface area contributed by atoms with Gasteiger partial charge in [-0.25, -0.2) is 0 Å². The molecule has 2 aromatic rings. The Labute approximate surface area is 129 Å². The quantitative estimate of drug-likeness (QED) is 0.601. The molecule has 6 heteroatoms. The van der Waals surface area contributed by atoms with Crippen molar-refractivity contribution >= 4 is 59.6 Å². The Morgan fingerprint density at radius 3 is 2.22 bits per heavy atom. The van der Waals surface area contributed by atoms with Gasteiger partial charge in [0, 0.05) is 21.1 Å². The van der Waals surface area contributed by atoms with Crippen LogP contribution in [-0.4, -0.2) is 4.55 Å². The van der Waals surface area contributed by atoms with Crippen LogP contribution in [0, 0.1) is 0 Å². The van der Waals surface area contributed by atoms with Crippen molar-refractivity contribution < 1.29 is 4.55 Å². The third-order valence-corrected chi connectivity index (χ3v) is 5.21. The molecule has 94 valence electrons. The number of rotatable bonds is 2. The molecular weight excluding hydrogens is 327 g/mol. The van der Waals surface area contributed by atoms with Gasteiger partial charge in [0.2, 0.25) is 0 Å². The average molecular weight is 335 g/mol. The summed E-state index contributed by atoms with van der Waals surface area (Å²) in [7, 11) is 0. The average Bonchev–Trinajstić information content (AvgIpc) is 2.28. The molecule has 1 unspecified atom stereocenters. The lowest BCUT2D eigenvalue weighted by molar-refractivity contribution is 0.593. The van der Waals surface area contributed by atoms with E-state index in [1.165, 1.54) is 0 Å². The third kappa shape index (κ3) is 3.13. The maximum absolute atomic E-state index is 12.4. The fraction of sp³-hybridized carbons (Fsp3) is 0. The van der Waals surface area contributed by atoms with E-state index in [0.717, 1.165) is 4.90 Å². The van der Waals surface area contributed by atoms with Crippen molar-refractivity contribution in [2.45, 2.75) is 19.6 Å². The van der Waals surface area contributed by atoms with Crippen LogP contribution in [0.3, 0.4) is 0 Å². The van der Waals surface area contributed by atoms with Gasteiger partial charge >= 0.3 is 0 Å². The van der Waals surface area contributed by atoms with E-state index in [-0.39, 0.29) is 0 Å². The molecular formula is C12H8Cl2OS3. The second-order valence-electron chi connectivity index (χ2n) is 3.50. The van der Waals surface area contributed by atoms with Crippen LogP contribution in [0.1, 0.15) is 0 Å². The summed E-state index contributed by atoms with van der Waals surface area (Å²) in [6, 6.07) is 10.1. The molecule has 2 rings (SSSR count). The van der Waals surface area contributed by atoms with E-state index < -0.39 is 11.2 Å². The number of benzene rings is 2. The van der Waals surface area contributed by atoms with Gasteiger partial charge in [-0.15, -0.1) is 25.3 Å². The van der Waals surface area contributed by atoms with E-state index in [1.54, 1.807) is 36.4 Å². The van der Waals surface area contributed by atoms with Gasteiger partial charge in [-0.3, -0.25) is 0 Å². The lowest BCUT2D eigenvalue weighted by atomic mass is 10.3. The molecule has 0 fully saturated rings. The zero-order valence-corrected chi connectivity index (χ0v) is 13.0. The molecule has 0 aliphatic heterocycles. The van der Waals surface area contributed by atoms with Gasteiger partial charge in [0.05, 0.1) is 9.92 Å². The standard InChI is InChI=1S/C12H8Cl2OS3/c13-7-1-3-12(10(17)5-7)18(15)11-4-2-8(16)6-9(11)14/h1-6,16-17H. The summed E-state index contributed by atoms with van der Waals surface area (Å²) in [4.78, 5) is 2.42. The number of hydrogen-bond acceptors (Lipinski definition) is 3. The molecule has 0 spiro atoms. The predicted molar refractivity (Wildman–Crippen MR) is 82.1 cm³/mol. The summed E-state index contributed by atoms with van der Waals surface area (Å²) in [5, 5.41) is 0.973. The Kier molecular flexibility index (Phi) is 4.80. The highest BCUT2D eigenvalue weighted by Gasteiger charge is 2.21. The van der Waals surface area contributed by atoms with E-state index in [2.05, 4.69) is 25.3 Å². The summed E-state index contributed by atoms with van der Waals surface area (Å²) in [6.45, 7) is 0. The smallest absolute Gasteiger partial charge is 0.177 e. The normalized spacial score (nSPS) is 12.5. The molecule has 0 aromatic heterocycles. The van der Waals surface area contributed by atoms with Crippen LogP contribution in [0.2, 0.25) is 10.0 Å². The SMILES string of the molecule is [O-][S+](c1ccc(Cl)cc1S)c1ccc(S)cc1Cl. The minimum absolute atomic E-state index is 0.420. The van der Waals surface area contributed by atoms with Crippen LogP contribution in [0.25, 0.3) is 0 Å². The summed E-state index contributed by atoms with van der Waals surface area (Å²) in [5.74, 6) is 0. The fourth-order valence-electron chi connectivity index (χ4n) is 1.41. The lowest BCUT2D eigenvalue weighted by Gasteiger charge is -2.13. The highest BCUT2D eigenvalue weighted by Crippen LogP contribution is 2.33. The largest absolute Gasteiger partial charge is 0.606 e. The summed E-state index contributed by atoms with van der Waals surface area (Å²) in [6.07, 6.45) is 0. The summed E-state index contributed by atoms with van der Waals surface area (Å²) >= 11 is 19.0. The van der Waals surface area contributed by atoms with E-state index in [9.17, 15) is 4.55 Å². The summed E-state index contributed by atoms with van der Waals surface area (Å²) < 4.78 is 12.4. The third-order valence-electron chi connectivity index (χ3n) is 2.24. The van der Waals surface area contributed by atoms with Crippen molar-refractivity contribution in [2.75, 3.05) is 0 Å². The Morgan fingerprint density at radius 1 is 0.944 bits per heavy atom. The van der Waals surface area contributed by atoms with Crippen LogP contribution < -0.4 is 0 Å². The Balaban J connectivity index is 2.44. The molecule has 0 aliphatic rings. The predicted octanol–water partition coefficient (Wildman–Crippen LogP) is 4.74. The van der Waals surface area contributed by atoms with Gasteiger partial charge in [-0.2, -0.15) is 0 Å². The molecule has 0 saturated heterocycles. The monoisotopic (exact) mass is 334 g/mol. The van der Waals surface area contributed by atoms with Crippen LogP contribution in [0.15, 0.2) is 56.0 Å². The van der Waals surface area contributed by atoms with Crippen LogP contribution >= 0.6 is 48.5 Å². The lowest BCUT2D eigenvalue weighted by Crippen LogP contribution is -2.04. The first-order valence-corrected chi connectivity index (χ1v) is 7.68. The zero-order valence-electron chi connectivity index (χ0n) is 8.93. The van der Waals surface area contributed by atoms with Gasteiger partial charge in [0.15, 0.2) is 9.79 Å². The molecule has 0 aliphatic carbocycles. The molecule has 1 atom stereocenters. The number of halogens is 2. The van der Waals surface area contributed by atoms with Gasteiger partial charge < -0.3 is 4.55 Å². The minimum Gasteiger partial charge on any atom is -0.606 e. The van der Waals surface area contributed by atoms with Crippen LogP contribution in [0.5, 0.6) is 0 Å². The molecule has 1 nitrogen and oxygen atoms in total. The Hall–Kier alpha value is 0.0300. The fourth-order valence-corrected chi connectivity index (χ4v) is 3.89. The van der Waals surface area contributed by atoms with E-state index in [4.69, 9.17) is 23.2 Å². The zero-order chi connectivity index (χ0) is 13.3. The molecule has 2 aromatic carbocycles. The molecule has 0 bridgehead atoms. The van der Waals surface area contributed by atoms with E-state index >= 15 is 0 Å². The van der Waals surface area contributed by atoms with Crippen LogP contribution in [-0.2, 0) is 11.2 Å². The van der Waals surface area contributed by atoms with Gasteiger partial charge in [-0.1, -0.05) is 23.2 Å². The second kappa shape index (κ2) is 5.99. The number of hydrogen-bond donors (Lipinski definition) is 2. The van der Waals surface area contributed by atoms with Crippen molar-refractivity contribution in [3.05, 3.63) is 46.4 Å². The Morgan fingerprint density at radius 2 is 1.61 bits per heavy atom. The minimum atomic E-state index is -1.39. The van der Waals surface area contributed by atoms with E-state index in [0.29, 0.717) is 24.7 Å². The first-order chi connectivity index (χ1) is 8.49. The maximum Gasteiger partial charge on any atom is 0.177 e.